The lowest BCUT2D eigenvalue weighted by Gasteiger charge is -2.27. The van der Waals surface area contributed by atoms with Crippen LogP contribution in [0.15, 0.2) is 12.4 Å². The average molecular weight is 261 g/mol. The molecule has 1 amide bonds. The Hall–Kier alpha value is -1.96. The summed E-state index contributed by atoms with van der Waals surface area (Å²) in [5.74, 6) is 3.51. The van der Waals surface area contributed by atoms with Crippen LogP contribution in [0.2, 0.25) is 0 Å². The first-order valence-corrected chi connectivity index (χ1v) is 6.35. The highest BCUT2D eigenvalue weighted by Crippen LogP contribution is 2.34. The summed E-state index contributed by atoms with van der Waals surface area (Å²) in [6.07, 6.45) is 9.26. The van der Waals surface area contributed by atoms with E-state index in [-0.39, 0.29) is 18.1 Å². The van der Waals surface area contributed by atoms with Gasteiger partial charge in [0.15, 0.2) is 0 Å². The first kappa shape index (κ1) is 13.5. The molecular formula is C14H19N3O2. The number of likely N-dealkylation sites (tertiary alicyclic amines) is 1. The van der Waals surface area contributed by atoms with Crippen molar-refractivity contribution in [3.63, 3.8) is 0 Å². The first-order chi connectivity index (χ1) is 8.90. The highest BCUT2D eigenvalue weighted by molar-refractivity contribution is 5.69. The fourth-order valence-corrected chi connectivity index (χ4v) is 2.20. The minimum Gasteiger partial charge on any atom is -0.444 e. The zero-order chi connectivity index (χ0) is 14.0. The Balaban J connectivity index is 2.17. The molecule has 1 N–H and O–H groups in total. The van der Waals surface area contributed by atoms with Crippen LogP contribution < -0.4 is 0 Å². The van der Waals surface area contributed by atoms with Gasteiger partial charge in [0.25, 0.3) is 0 Å². The molecule has 0 radical (unpaired) electrons. The molecule has 0 aliphatic carbocycles. The summed E-state index contributed by atoms with van der Waals surface area (Å²) in [5.41, 5.74) is -0.515. The van der Waals surface area contributed by atoms with Crippen LogP contribution in [0.5, 0.6) is 0 Å². The fourth-order valence-electron chi connectivity index (χ4n) is 2.20. The monoisotopic (exact) mass is 261 g/mol. The molecule has 5 nitrogen and oxygen atoms in total. The molecule has 0 bridgehead atoms. The van der Waals surface area contributed by atoms with Gasteiger partial charge >= 0.3 is 6.09 Å². The van der Waals surface area contributed by atoms with Gasteiger partial charge in [0.05, 0.1) is 6.04 Å². The van der Waals surface area contributed by atoms with Crippen molar-refractivity contribution in [1.29, 1.82) is 0 Å². The minimum atomic E-state index is -0.515. The van der Waals surface area contributed by atoms with Crippen LogP contribution in [0, 0.1) is 18.3 Å². The molecule has 1 aliphatic rings. The highest BCUT2D eigenvalue weighted by atomic mass is 16.6. The van der Waals surface area contributed by atoms with Crippen molar-refractivity contribution in [3.8, 4) is 12.3 Å². The van der Waals surface area contributed by atoms with Crippen LogP contribution in [0.4, 0.5) is 4.79 Å². The van der Waals surface area contributed by atoms with E-state index in [9.17, 15) is 4.79 Å². The lowest BCUT2D eigenvalue weighted by Crippen LogP contribution is -2.37. The molecule has 0 saturated carbocycles. The van der Waals surface area contributed by atoms with Gasteiger partial charge in [0.1, 0.15) is 11.4 Å². The number of H-pyrrole nitrogens is 1. The molecule has 1 fully saturated rings. The lowest BCUT2D eigenvalue weighted by atomic mass is 10.1. The van der Waals surface area contributed by atoms with Crippen molar-refractivity contribution in [3.05, 3.63) is 18.2 Å². The number of nitrogens with one attached hydrogen (secondary N) is 1. The molecule has 5 heteroatoms. The third kappa shape index (κ3) is 3.08. The Morgan fingerprint density at radius 3 is 2.89 bits per heavy atom. The summed E-state index contributed by atoms with van der Waals surface area (Å²) >= 11 is 0. The molecule has 1 saturated heterocycles. The molecule has 1 aliphatic heterocycles. The summed E-state index contributed by atoms with van der Waals surface area (Å²) in [5, 5.41) is 0. The van der Waals surface area contributed by atoms with Crippen molar-refractivity contribution in [1.82, 2.24) is 14.9 Å². The van der Waals surface area contributed by atoms with Crippen LogP contribution in [0.25, 0.3) is 0 Å². The summed E-state index contributed by atoms with van der Waals surface area (Å²) in [7, 11) is 0. The molecular weight excluding hydrogens is 242 g/mol. The third-order valence-corrected chi connectivity index (χ3v) is 3.00. The Labute approximate surface area is 113 Å². The molecule has 2 heterocycles. The van der Waals surface area contributed by atoms with E-state index in [0.29, 0.717) is 13.0 Å². The SMILES string of the molecule is C#C[C@H]1C[C@@H](c2ncc[nH]2)N(C(=O)OC(C)(C)C)C1. The molecule has 1 aromatic heterocycles. The second-order valence-electron chi connectivity index (χ2n) is 5.72. The molecule has 1 aromatic rings. The van der Waals surface area contributed by atoms with Crippen molar-refractivity contribution in [2.45, 2.75) is 38.8 Å². The van der Waals surface area contributed by atoms with Gasteiger partial charge < -0.3 is 9.72 Å². The summed E-state index contributed by atoms with van der Waals surface area (Å²) in [4.78, 5) is 21.1. The molecule has 2 rings (SSSR count). The van der Waals surface area contributed by atoms with Crippen LogP contribution in [-0.4, -0.2) is 33.1 Å². The number of terminal acetylenes is 1. The van der Waals surface area contributed by atoms with Crippen LogP contribution in [0.1, 0.15) is 39.1 Å². The third-order valence-electron chi connectivity index (χ3n) is 3.00. The predicted molar refractivity (Wildman–Crippen MR) is 71.2 cm³/mol. The summed E-state index contributed by atoms with van der Waals surface area (Å²) in [6.45, 7) is 6.06. The molecule has 0 aromatic carbocycles. The Bertz CT molecular complexity index is 482. The standard InChI is InChI=1S/C14H19N3O2/c1-5-10-8-11(12-15-6-7-16-12)17(9-10)13(18)19-14(2,3)4/h1,6-7,10-11H,8-9H2,2-4H3,(H,15,16)/t10-,11-/m0/s1. The lowest BCUT2D eigenvalue weighted by molar-refractivity contribution is 0.0216. The van der Waals surface area contributed by atoms with Gasteiger partial charge in [-0.15, -0.1) is 12.3 Å². The number of hydrogen-bond acceptors (Lipinski definition) is 3. The number of amides is 1. The molecule has 102 valence electrons. The van der Waals surface area contributed by atoms with E-state index >= 15 is 0 Å². The second kappa shape index (κ2) is 4.96. The van der Waals surface area contributed by atoms with Gasteiger partial charge in [-0.2, -0.15) is 0 Å². The zero-order valence-electron chi connectivity index (χ0n) is 11.5. The predicted octanol–water partition coefficient (Wildman–Crippen LogP) is 2.34. The van der Waals surface area contributed by atoms with Crippen molar-refractivity contribution in [2.75, 3.05) is 6.54 Å². The van der Waals surface area contributed by atoms with Crippen molar-refractivity contribution < 1.29 is 9.53 Å². The maximum absolute atomic E-state index is 12.2. The smallest absolute Gasteiger partial charge is 0.410 e. The first-order valence-electron chi connectivity index (χ1n) is 6.35. The van der Waals surface area contributed by atoms with E-state index in [0.717, 1.165) is 5.82 Å². The Kier molecular flexibility index (Phi) is 3.52. The maximum Gasteiger partial charge on any atom is 0.410 e. The van der Waals surface area contributed by atoms with E-state index < -0.39 is 5.60 Å². The topological polar surface area (TPSA) is 58.2 Å². The van der Waals surface area contributed by atoms with Crippen LogP contribution in [-0.2, 0) is 4.74 Å². The number of aromatic nitrogens is 2. The van der Waals surface area contributed by atoms with E-state index in [4.69, 9.17) is 11.2 Å². The van der Waals surface area contributed by atoms with Crippen molar-refractivity contribution in [2.24, 2.45) is 5.92 Å². The zero-order valence-corrected chi connectivity index (χ0v) is 11.5. The molecule has 0 unspecified atom stereocenters. The van der Waals surface area contributed by atoms with Crippen LogP contribution >= 0.6 is 0 Å². The molecule has 19 heavy (non-hydrogen) atoms. The number of hydrogen-bond donors (Lipinski definition) is 1. The Morgan fingerprint density at radius 2 is 2.37 bits per heavy atom. The largest absolute Gasteiger partial charge is 0.444 e. The normalized spacial score (nSPS) is 23.2. The number of carbonyl (C=O) groups excluding carboxylic acids is 1. The number of rotatable bonds is 1. The van der Waals surface area contributed by atoms with Crippen molar-refractivity contribution >= 4 is 6.09 Å². The van der Waals surface area contributed by atoms with E-state index in [1.807, 2.05) is 20.8 Å². The van der Waals surface area contributed by atoms with Gasteiger partial charge in [0, 0.05) is 24.9 Å². The maximum atomic E-state index is 12.2. The molecule has 0 spiro atoms. The number of nitrogens with zero attached hydrogens (tertiary/aromatic N) is 2. The van der Waals surface area contributed by atoms with Gasteiger partial charge in [-0.1, -0.05) is 0 Å². The summed E-state index contributed by atoms with van der Waals surface area (Å²) in [6, 6.07) is -0.133. The average Bonchev–Trinajstić information content (AvgIpc) is 2.95. The van der Waals surface area contributed by atoms with E-state index in [1.165, 1.54) is 0 Å². The Morgan fingerprint density at radius 1 is 1.63 bits per heavy atom. The number of ether oxygens (including phenoxy) is 1. The van der Waals surface area contributed by atoms with E-state index in [1.54, 1.807) is 17.3 Å². The van der Waals surface area contributed by atoms with Gasteiger partial charge in [-0.3, -0.25) is 4.90 Å². The van der Waals surface area contributed by atoms with Gasteiger partial charge in [-0.25, -0.2) is 9.78 Å². The fraction of sp³-hybridized carbons (Fsp3) is 0.571. The van der Waals surface area contributed by atoms with E-state index in [2.05, 4.69) is 15.9 Å². The number of aromatic amines is 1. The highest BCUT2D eigenvalue weighted by Gasteiger charge is 2.38. The second-order valence-corrected chi connectivity index (χ2v) is 5.72. The van der Waals surface area contributed by atoms with Gasteiger partial charge in [0.2, 0.25) is 0 Å². The number of imidazole rings is 1. The number of carbonyl (C=O) groups is 1. The van der Waals surface area contributed by atoms with Crippen LogP contribution in [0.3, 0.4) is 0 Å². The molecule has 2 atom stereocenters. The summed E-state index contributed by atoms with van der Waals surface area (Å²) < 4.78 is 5.42. The minimum absolute atomic E-state index is 0.0441. The van der Waals surface area contributed by atoms with Gasteiger partial charge in [-0.05, 0) is 27.2 Å². The quantitative estimate of drug-likeness (QED) is 0.789.